The van der Waals surface area contributed by atoms with Gasteiger partial charge in [-0.05, 0) is 54.8 Å². The molecule has 5 heteroatoms. The summed E-state index contributed by atoms with van der Waals surface area (Å²) in [5.74, 6) is 0.448. The lowest BCUT2D eigenvalue weighted by Gasteiger charge is -2.31. The smallest absolute Gasteiger partial charge is 0.123 e. The molecule has 2 N–H and O–H groups in total. The first-order valence-corrected chi connectivity index (χ1v) is 7.25. The monoisotopic (exact) mass is 322 g/mol. The first kappa shape index (κ1) is 16.4. The van der Waals surface area contributed by atoms with Crippen LogP contribution in [0.4, 0.5) is 15.8 Å². The summed E-state index contributed by atoms with van der Waals surface area (Å²) in [6.07, 6.45) is 2.15. The van der Waals surface area contributed by atoms with Gasteiger partial charge in [0.25, 0.3) is 0 Å². The number of fused-ring (bicyclic) bond motifs is 1. The zero-order chi connectivity index (χ0) is 14.7. The molecule has 0 fully saturated rings. The molecule has 1 aliphatic rings. The molecular weight excluding hydrogens is 303 g/mol. The van der Waals surface area contributed by atoms with Crippen LogP contribution in [-0.2, 0) is 6.42 Å². The Bertz CT molecular complexity index is 619. The average Bonchev–Trinajstić information content (AvgIpc) is 2.50. The van der Waals surface area contributed by atoms with Crippen LogP contribution < -0.4 is 15.4 Å². The third kappa shape index (κ3) is 3.63. The number of benzene rings is 2. The fourth-order valence-corrected chi connectivity index (χ4v) is 2.76. The number of ether oxygens (including phenoxy) is 1. The van der Waals surface area contributed by atoms with E-state index in [0.29, 0.717) is 12.4 Å². The van der Waals surface area contributed by atoms with E-state index in [1.54, 1.807) is 12.1 Å². The van der Waals surface area contributed by atoms with Crippen LogP contribution in [0.5, 0.6) is 5.75 Å². The van der Waals surface area contributed by atoms with Crippen molar-refractivity contribution in [2.75, 3.05) is 30.3 Å². The Morgan fingerprint density at radius 1 is 1.14 bits per heavy atom. The van der Waals surface area contributed by atoms with Crippen molar-refractivity contribution in [3.05, 3.63) is 53.8 Å². The van der Waals surface area contributed by atoms with Gasteiger partial charge in [-0.2, -0.15) is 0 Å². The zero-order valence-electron chi connectivity index (χ0n) is 12.3. The summed E-state index contributed by atoms with van der Waals surface area (Å²) < 4.78 is 18.5. The fraction of sp³-hybridized carbons (Fsp3) is 0.294. The first-order chi connectivity index (χ1) is 10.2. The van der Waals surface area contributed by atoms with Gasteiger partial charge in [-0.3, -0.25) is 0 Å². The zero-order valence-corrected chi connectivity index (χ0v) is 13.1. The number of nitrogens with zero attached hydrogens (tertiary/aromatic N) is 1. The SMILES string of the molecule is Cl.Nc1cccc2c1CCCN2CCOc1ccc(F)cc1. The lowest BCUT2D eigenvalue weighted by molar-refractivity contribution is 0.322. The van der Waals surface area contributed by atoms with Gasteiger partial charge in [0.1, 0.15) is 18.2 Å². The molecule has 0 spiro atoms. The molecule has 2 aromatic carbocycles. The van der Waals surface area contributed by atoms with Crippen LogP contribution in [0, 0.1) is 5.82 Å². The van der Waals surface area contributed by atoms with Crippen molar-refractivity contribution in [1.29, 1.82) is 0 Å². The second-order valence-electron chi connectivity index (χ2n) is 5.24. The summed E-state index contributed by atoms with van der Waals surface area (Å²) in [4.78, 5) is 2.30. The molecule has 118 valence electrons. The van der Waals surface area contributed by atoms with Crippen LogP contribution in [0.1, 0.15) is 12.0 Å². The van der Waals surface area contributed by atoms with Gasteiger partial charge in [-0.15, -0.1) is 12.4 Å². The van der Waals surface area contributed by atoms with Crippen molar-refractivity contribution in [3.63, 3.8) is 0 Å². The maximum Gasteiger partial charge on any atom is 0.123 e. The number of hydrogen-bond acceptors (Lipinski definition) is 3. The number of halogens is 2. The molecule has 0 unspecified atom stereocenters. The van der Waals surface area contributed by atoms with E-state index in [-0.39, 0.29) is 18.2 Å². The maximum atomic E-state index is 12.8. The van der Waals surface area contributed by atoms with Crippen molar-refractivity contribution >= 4 is 23.8 Å². The van der Waals surface area contributed by atoms with Crippen LogP contribution in [0.25, 0.3) is 0 Å². The molecule has 1 aliphatic heterocycles. The van der Waals surface area contributed by atoms with Gasteiger partial charge in [-0.25, -0.2) is 4.39 Å². The van der Waals surface area contributed by atoms with Crippen LogP contribution >= 0.6 is 12.4 Å². The predicted molar refractivity (Wildman–Crippen MR) is 90.5 cm³/mol. The lowest BCUT2D eigenvalue weighted by atomic mass is 10.00. The van der Waals surface area contributed by atoms with Gasteiger partial charge in [0.2, 0.25) is 0 Å². The molecule has 1 heterocycles. The molecule has 3 rings (SSSR count). The molecule has 0 bridgehead atoms. The molecule has 0 saturated carbocycles. The summed E-state index contributed by atoms with van der Waals surface area (Å²) in [5.41, 5.74) is 9.37. The van der Waals surface area contributed by atoms with Crippen LogP contribution in [-0.4, -0.2) is 19.7 Å². The largest absolute Gasteiger partial charge is 0.492 e. The quantitative estimate of drug-likeness (QED) is 0.873. The molecule has 0 aromatic heterocycles. The van der Waals surface area contributed by atoms with Crippen molar-refractivity contribution in [2.24, 2.45) is 0 Å². The second kappa shape index (κ2) is 7.36. The van der Waals surface area contributed by atoms with E-state index in [0.717, 1.165) is 31.6 Å². The number of nitrogens with two attached hydrogens (primary N) is 1. The molecular formula is C17H20ClFN2O. The Labute approximate surface area is 136 Å². The fourth-order valence-electron chi connectivity index (χ4n) is 2.76. The molecule has 22 heavy (non-hydrogen) atoms. The number of hydrogen-bond donors (Lipinski definition) is 1. The minimum absolute atomic E-state index is 0. The number of rotatable bonds is 4. The summed E-state index contributed by atoms with van der Waals surface area (Å²) in [6.45, 7) is 2.39. The molecule has 2 aromatic rings. The van der Waals surface area contributed by atoms with Gasteiger partial charge >= 0.3 is 0 Å². The maximum absolute atomic E-state index is 12.8. The van der Waals surface area contributed by atoms with Gasteiger partial charge in [-0.1, -0.05) is 6.07 Å². The normalized spacial score (nSPS) is 13.2. The van der Waals surface area contributed by atoms with Crippen LogP contribution in [0.2, 0.25) is 0 Å². The summed E-state index contributed by atoms with van der Waals surface area (Å²) >= 11 is 0. The van der Waals surface area contributed by atoms with Crippen molar-refractivity contribution in [1.82, 2.24) is 0 Å². The van der Waals surface area contributed by atoms with E-state index in [2.05, 4.69) is 11.0 Å². The highest BCUT2D eigenvalue weighted by molar-refractivity contribution is 5.85. The van der Waals surface area contributed by atoms with E-state index in [1.807, 2.05) is 12.1 Å². The van der Waals surface area contributed by atoms with Gasteiger partial charge < -0.3 is 15.4 Å². The second-order valence-corrected chi connectivity index (χ2v) is 5.24. The summed E-state index contributed by atoms with van der Waals surface area (Å²) in [6, 6.07) is 12.2. The lowest BCUT2D eigenvalue weighted by Crippen LogP contribution is -2.33. The van der Waals surface area contributed by atoms with Crippen LogP contribution in [0.15, 0.2) is 42.5 Å². The van der Waals surface area contributed by atoms with Gasteiger partial charge in [0.05, 0.1) is 6.54 Å². The number of nitrogen functional groups attached to an aromatic ring is 1. The topological polar surface area (TPSA) is 38.5 Å². The summed E-state index contributed by atoms with van der Waals surface area (Å²) in [7, 11) is 0. The molecule has 3 nitrogen and oxygen atoms in total. The molecule has 0 saturated heterocycles. The average molecular weight is 323 g/mol. The Kier molecular flexibility index (Phi) is 5.50. The first-order valence-electron chi connectivity index (χ1n) is 7.25. The van der Waals surface area contributed by atoms with Crippen LogP contribution in [0.3, 0.4) is 0 Å². The van der Waals surface area contributed by atoms with Gasteiger partial charge in [0.15, 0.2) is 0 Å². The Morgan fingerprint density at radius 2 is 1.91 bits per heavy atom. The van der Waals surface area contributed by atoms with E-state index in [4.69, 9.17) is 10.5 Å². The highest BCUT2D eigenvalue weighted by Gasteiger charge is 2.18. The van der Waals surface area contributed by atoms with Crippen molar-refractivity contribution in [3.8, 4) is 5.75 Å². The molecule has 0 aliphatic carbocycles. The Balaban J connectivity index is 0.00000176. The van der Waals surface area contributed by atoms with E-state index in [9.17, 15) is 4.39 Å². The predicted octanol–water partition coefficient (Wildman–Crippen LogP) is 3.66. The Morgan fingerprint density at radius 3 is 2.68 bits per heavy atom. The van der Waals surface area contributed by atoms with Crippen molar-refractivity contribution < 1.29 is 9.13 Å². The standard InChI is InChI=1S/C17H19FN2O.ClH/c18-13-6-8-14(9-7-13)21-12-11-20-10-2-3-15-16(19)4-1-5-17(15)20;/h1,4-9H,2-3,10-12,19H2;1H. The summed E-state index contributed by atoms with van der Waals surface area (Å²) in [5, 5.41) is 0. The Hall–Kier alpha value is -1.94. The van der Waals surface area contributed by atoms with E-state index in [1.165, 1.54) is 23.4 Å². The third-order valence-electron chi connectivity index (χ3n) is 3.83. The molecule has 0 atom stereocenters. The van der Waals surface area contributed by atoms with E-state index >= 15 is 0 Å². The molecule has 0 amide bonds. The number of anilines is 2. The third-order valence-corrected chi connectivity index (χ3v) is 3.83. The highest BCUT2D eigenvalue weighted by Crippen LogP contribution is 2.30. The minimum Gasteiger partial charge on any atom is -0.492 e. The van der Waals surface area contributed by atoms with E-state index < -0.39 is 0 Å². The van der Waals surface area contributed by atoms with Gasteiger partial charge in [0, 0.05) is 17.9 Å². The highest BCUT2D eigenvalue weighted by atomic mass is 35.5. The minimum atomic E-state index is -0.247. The molecule has 0 radical (unpaired) electrons. The van der Waals surface area contributed by atoms with Crippen molar-refractivity contribution in [2.45, 2.75) is 12.8 Å².